The fourth-order valence-electron chi connectivity index (χ4n) is 3.18. The van der Waals surface area contributed by atoms with E-state index in [4.69, 9.17) is 5.73 Å². The van der Waals surface area contributed by atoms with Crippen LogP contribution in [0.15, 0.2) is 5.51 Å². The zero-order valence-electron chi connectivity index (χ0n) is 11.8. The molecular weight excluding hydrogens is 242 g/mol. The molecule has 1 aromatic rings. The van der Waals surface area contributed by atoms with Crippen molar-refractivity contribution in [1.29, 1.82) is 0 Å². The largest absolute Gasteiger partial charge is 0.329 e. The van der Waals surface area contributed by atoms with Gasteiger partial charge in [-0.2, -0.15) is 0 Å². The summed E-state index contributed by atoms with van der Waals surface area (Å²) in [5.41, 5.74) is 9.43. The molecule has 0 bridgehead atoms. The highest BCUT2D eigenvalue weighted by atomic mass is 32.1. The van der Waals surface area contributed by atoms with Crippen molar-refractivity contribution in [2.75, 3.05) is 13.6 Å². The molecule has 4 heteroatoms. The maximum Gasteiger partial charge on any atom is 0.0798 e. The lowest BCUT2D eigenvalue weighted by molar-refractivity contribution is 0.0560. The van der Waals surface area contributed by atoms with Gasteiger partial charge in [-0.1, -0.05) is 19.8 Å². The predicted molar refractivity (Wildman–Crippen MR) is 77.7 cm³/mol. The number of aryl methyl sites for hydroxylation is 1. The molecule has 2 N–H and O–H groups in total. The summed E-state index contributed by atoms with van der Waals surface area (Å²) in [6.07, 6.45) is 5.14. The van der Waals surface area contributed by atoms with Crippen molar-refractivity contribution >= 4 is 11.3 Å². The Morgan fingerprint density at radius 2 is 2.39 bits per heavy atom. The molecule has 0 spiro atoms. The van der Waals surface area contributed by atoms with E-state index in [1.165, 1.54) is 36.3 Å². The molecule has 0 saturated heterocycles. The number of hydrogen-bond donors (Lipinski definition) is 1. The van der Waals surface area contributed by atoms with Crippen LogP contribution in [0.25, 0.3) is 0 Å². The summed E-state index contributed by atoms with van der Waals surface area (Å²) in [5, 5.41) is 0. The molecular formula is C14H25N3S. The summed E-state index contributed by atoms with van der Waals surface area (Å²) in [6.45, 7) is 6.21. The van der Waals surface area contributed by atoms with E-state index in [0.717, 1.165) is 19.0 Å². The summed E-state index contributed by atoms with van der Waals surface area (Å²) in [6, 6.07) is 0. The first-order valence-corrected chi connectivity index (χ1v) is 7.75. The predicted octanol–water partition coefficient (Wildman–Crippen LogP) is 2.79. The average Bonchev–Trinajstić information content (AvgIpc) is 2.75. The number of likely N-dealkylation sites (N-methyl/N-ethyl adjacent to an activating group) is 1. The molecule has 1 fully saturated rings. The molecule has 1 aliphatic carbocycles. The summed E-state index contributed by atoms with van der Waals surface area (Å²) in [5.74, 6) is 0.798. The monoisotopic (exact) mass is 267 g/mol. The maximum absolute atomic E-state index is 6.11. The fraction of sp³-hybridized carbons (Fsp3) is 0.786. The minimum atomic E-state index is 0.202. The molecule has 18 heavy (non-hydrogen) atoms. The van der Waals surface area contributed by atoms with Gasteiger partial charge in [0.15, 0.2) is 0 Å². The van der Waals surface area contributed by atoms with Gasteiger partial charge in [-0.3, -0.25) is 4.90 Å². The van der Waals surface area contributed by atoms with Crippen molar-refractivity contribution in [1.82, 2.24) is 9.88 Å². The van der Waals surface area contributed by atoms with Crippen molar-refractivity contribution in [3.63, 3.8) is 0 Å². The number of thiazole rings is 1. The van der Waals surface area contributed by atoms with Crippen molar-refractivity contribution in [2.24, 2.45) is 11.7 Å². The molecule has 0 aromatic carbocycles. The van der Waals surface area contributed by atoms with Crippen LogP contribution in [0.4, 0.5) is 0 Å². The van der Waals surface area contributed by atoms with Crippen molar-refractivity contribution < 1.29 is 0 Å². The van der Waals surface area contributed by atoms with E-state index in [9.17, 15) is 0 Å². The molecule has 2 rings (SSSR count). The molecule has 0 radical (unpaired) electrons. The highest BCUT2D eigenvalue weighted by molar-refractivity contribution is 7.09. The lowest BCUT2D eigenvalue weighted by atomic mass is 9.75. The molecule has 2 unspecified atom stereocenters. The third-order valence-corrected chi connectivity index (χ3v) is 5.40. The minimum Gasteiger partial charge on any atom is -0.329 e. The van der Waals surface area contributed by atoms with Gasteiger partial charge in [0.25, 0.3) is 0 Å². The number of aromatic nitrogens is 1. The average molecular weight is 267 g/mol. The van der Waals surface area contributed by atoms with E-state index in [0.29, 0.717) is 0 Å². The quantitative estimate of drug-likeness (QED) is 0.912. The number of nitrogens with zero attached hydrogens (tertiary/aromatic N) is 2. The van der Waals surface area contributed by atoms with E-state index in [1.54, 1.807) is 11.3 Å². The van der Waals surface area contributed by atoms with Gasteiger partial charge in [0.1, 0.15) is 0 Å². The zero-order valence-corrected chi connectivity index (χ0v) is 12.6. The Labute approximate surface area is 114 Å². The van der Waals surface area contributed by atoms with Gasteiger partial charge in [-0.15, -0.1) is 11.3 Å². The Balaban J connectivity index is 2.09. The van der Waals surface area contributed by atoms with Crippen LogP contribution in [0.5, 0.6) is 0 Å². The summed E-state index contributed by atoms with van der Waals surface area (Å²) in [7, 11) is 2.23. The standard InChI is InChI=1S/C14H25N3S/c1-11-5-4-6-14(7-11,9-15)17(3)8-13-12(2)16-10-18-13/h10-11H,4-9,15H2,1-3H3. The number of hydrogen-bond acceptors (Lipinski definition) is 4. The Morgan fingerprint density at radius 1 is 1.61 bits per heavy atom. The van der Waals surface area contributed by atoms with Crippen molar-refractivity contribution in [3.8, 4) is 0 Å². The molecule has 1 heterocycles. The molecule has 0 amide bonds. The molecule has 1 aliphatic rings. The van der Waals surface area contributed by atoms with E-state index >= 15 is 0 Å². The summed E-state index contributed by atoms with van der Waals surface area (Å²) >= 11 is 1.76. The van der Waals surface area contributed by atoms with Crippen LogP contribution in [0.1, 0.15) is 43.2 Å². The van der Waals surface area contributed by atoms with Gasteiger partial charge in [-0.25, -0.2) is 4.98 Å². The van der Waals surface area contributed by atoms with Crippen LogP contribution < -0.4 is 5.73 Å². The maximum atomic E-state index is 6.11. The van der Waals surface area contributed by atoms with Crippen LogP contribution in [-0.2, 0) is 6.54 Å². The Bertz CT molecular complexity index is 390. The van der Waals surface area contributed by atoms with Gasteiger partial charge in [0.2, 0.25) is 0 Å². The Morgan fingerprint density at radius 3 is 2.94 bits per heavy atom. The SMILES string of the molecule is Cc1ncsc1CN(C)C1(CN)CCCC(C)C1. The first-order valence-electron chi connectivity index (χ1n) is 6.87. The van der Waals surface area contributed by atoms with Crippen LogP contribution >= 0.6 is 11.3 Å². The highest BCUT2D eigenvalue weighted by Crippen LogP contribution is 2.36. The molecule has 0 aliphatic heterocycles. The first-order chi connectivity index (χ1) is 8.57. The van der Waals surface area contributed by atoms with Gasteiger partial charge in [0.05, 0.1) is 11.2 Å². The number of nitrogens with two attached hydrogens (primary N) is 1. The highest BCUT2D eigenvalue weighted by Gasteiger charge is 2.37. The second-order valence-corrected chi connectivity index (χ2v) is 6.79. The van der Waals surface area contributed by atoms with Gasteiger partial charge in [0, 0.05) is 23.5 Å². The number of rotatable bonds is 4. The van der Waals surface area contributed by atoms with E-state index in [-0.39, 0.29) is 5.54 Å². The van der Waals surface area contributed by atoms with Crippen LogP contribution in [-0.4, -0.2) is 29.0 Å². The Kier molecular flexibility index (Phi) is 4.41. The van der Waals surface area contributed by atoms with Crippen LogP contribution in [0.2, 0.25) is 0 Å². The van der Waals surface area contributed by atoms with Gasteiger partial charge < -0.3 is 5.73 Å². The zero-order chi connectivity index (χ0) is 13.2. The molecule has 1 aromatic heterocycles. The molecule has 1 saturated carbocycles. The second-order valence-electron chi connectivity index (χ2n) is 5.85. The normalized spacial score (nSPS) is 28.8. The summed E-state index contributed by atoms with van der Waals surface area (Å²) < 4.78 is 0. The summed E-state index contributed by atoms with van der Waals surface area (Å²) in [4.78, 5) is 8.19. The fourth-order valence-corrected chi connectivity index (χ4v) is 4.01. The van der Waals surface area contributed by atoms with E-state index < -0.39 is 0 Å². The van der Waals surface area contributed by atoms with Crippen LogP contribution in [0, 0.1) is 12.8 Å². The van der Waals surface area contributed by atoms with Crippen molar-refractivity contribution in [3.05, 3.63) is 16.1 Å². The molecule has 3 nitrogen and oxygen atoms in total. The minimum absolute atomic E-state index is 0.202. The smallest absolute Gasteiger partial charge is 0.0798 e. The lowest BCUT2D eigenvalue weighted by Gasteiger charge is -2.46. The second kappa shape index (κ2) is 5.68. The van der Waals surface area contributed by atoms with Gasteiger partial charge >= 0.3 is 0 Å². The van der Waals surface area contributed by atoms with Crippen LogP contribution in [0.3, 0.4) is 0 Å². The Hall–Kier alpha value is -0.450. The van der Waals surface area contributed by atoms with E-state index in [2.05, 4.69) is 30.8 Å². The molecule has 102 valence electrons. The van der Waals surface area contributed by atoms with Crippen molar-refractivity contribution in [2.45, 2.75) is 51.6 Å². The third-order valence-electron chi connectivity index (χ3n) is 4.48. The van der Waals surface area contributed by atoms with Gasteiger partial charge in [-0.05, 0) is 32.7 Å². The third kappa shape index (κ3) is 2.76. The van der Waals surface area contributed by atoms with E-state index in [1.807, 2.05) is 5.51 Å². The lowest BCUT2D eigenvalue weighted by Crippen LogP contribution is -2.54. The molecule has 2 atom stereocenters. The first kappa shape index (κ1) is 14.0. The topological polar surface area (TPSA) is 42.2 Å².